The maximum atomic E-state index is 11.6. The Morgan fingerprint density at radius 3 is 2.75 bits per heavy atom. The van der Waals surface area contributed by atoms with Gasteiger partial charge in [0.2, 0.25) is 0 Å². The molecule has 5 nitrogen and oxygen atoms in total. The van der Waals surface area contributed by atoms with Crippen LogP contribution in [-0.2, 0) is 0 Å². The van der Waals surface area contributed by atoms with Gasteiger partial charge in [-0.2, -0.15) is 0 Å². The SMILES string of the molecule is COc1cccc2c(=O)[nH]c(C(=O)O)cc12. The summed E-state index contributed by atoms with van der Waals surface area (Å²) in [4.78, 5) is 24.7. The molecule has 0 aliphatic carbocycles. The van der Waals surface area contributed by atoms with E-state index >= 15 is 0 Å². The third kappa shape index (κ3) is 1.52. The molecule has 0 spiro atoms. The first-order valence-corrected chi connectivity index (χ1v) is 4.57. The Hall–Kier alpha value is -2.30. The number of carboxylic acids is 1. The quantitative estimate of drug-likeness (QED) is 0.796. The second-order valence-corrected chi connectivity index (χ2v) is 3.24. The van der Waals surface area contributed by atoms with E-state index in [2.05, 4.69) is 4.98 Å². The standard InChI is InChI=1S/C11H9NO4/c1-16-9-4-2-3-6-7(9)5-8(11(14)15)12-10(6)13/h2-5H,1H3,(H,12,13)(H,14,15). The van der Waals surface area contributed by atoms with Crippen molar-refractivity contribution in [3.8, 4) is 5.75 Å². The normalized spacial score (nSPS) is 10.3. The van der Waals surface area contributed by atoms with Crippen molar-refractivity contribution in [3.63, 3.8) is 0 Å². The Kier molecular flexibility index (Phi) is 2.36. The van der Waals surface area contributed by atoms with Crippen LogP contribution in [0, 0.1) is 0 Å². The number of pyridine rings is 1. The number of H-pyrrole nitrogens is 1. The number of nitrogens with one attached hydrogen (secondary N) is 1. The summed E-state index contributed by atoms with van der Waals surface area (Å²) in [6, 6.07) is 6.35. The fourth-order valence-electron chi connectivity index (χ4n) is 1.55. The molecular formula is C11H9NO4. The van der Waals surface area contributed by atoms with Crippen molar-refractivity contribution in [1.29, 1.82) is 0 Å². The maximum absolute atomic E-state index is 11.6. The summed E-state index contributed by atoms with van der Waals surface area (Å²) in [7, 11) is 1.47. The number of aromatic amines is 1. The Bertz CT molecular complexity index is 615. The molecule has 1 aromatic carbocycles. The highest BCUT2D eigenvalue weighted by Gasteiger charge is 2.10. The Morgan fingerprint density at radius 2 is 2.12 bits per heavy atom. The van der Waals surface area contributed by atoms with Gasteiger partial charge in [-0.25, -0.2) is 4.79 Å². The van der Waals surface area contributed by atoms with Gasteiger partial charge in [0, 0.05) is 5.39 Å². The predicted octanol–water partition coefficient (Wildman–Crippen LogP) is 1.23. The number of rotatable bonds is 2. The van der Waals surface area contributed by atoms with E-state index < -0.39 is 11.5 Å². The molecule has 0 saturated carbocycles. The summed E-state index contributed by atoms with van der Waals surface area (Å²) in [5, 5.41) is 9.72. The zero-order valence-corrected chi connectivity index (χ0v) is 8.48. The number of carboxylic acid groups (broad SMARTS) is 1. The van der Waals surface area contributed by atoms with Crippen LogP contribution < -0.4 is 10.3 Å². The topological polar surface area (TPSA) is 79.4 Å². The Balaban J connectivity index is 2.88. The summed E-state index contributed by atoms with van der Waals surface area (Å²) < 4.78 is 5.07. The molecule has 0 atom stereocenters. The third-order valence-electron chi connectivity index (χ3n) is 2.30. The average Bonchev–Trinajstić information content (AvgIpc) is 2.28. The van der Waals surface area contributed by atoms with Gasteiger partial charge in [-0.3, -0.25) is 4.79 Å². The van der Waals surface area contributed by atoms with E-state index in [1.54, 1.807) is 18.2 Å². The predicted molar refractivity (Wildman–Crippen MR) is 58.1 cm³/mol. The third-order valence-corrected chi connectivity index (χ3v) is 2.30. The van der Waals surface area contributed by atoms with Gasteiger partial charge in [0.15, 0.2) is 0 Å². The lowest BCUT2D eigenvalue weighted by atomic mass is 10.1. The van der Waals surface area contributed by atoms with Crippen molar-refractivity contribution in [2.75, 3.05) is 7.11 Å². The van der Waals surface area contributed by atoms with Crippen LogP contribution in [0.3, 0.4) is 0 Å². The molecule has 0 fully saturated rings. The number of aromatic carboxylic acids is 1. The van der Waals surface area contributed by atoms with Gasteiger partial charge in [0.05, 0.1) is 12.5 Å². The molecule has 16 heavy (non-hydrogen) atoms. The van der Waals surface area contributed by atoms with Gasteiger partial charge >= 0.3 is 5.97 Å². The lowest BCUT2D eigenvalue weighted by molar-refractivity contribution is 0.0690. The van der Waals surface area contributed by atoms with Crippen LogP contribution in [0.1, 0.15) is 10.5 Å². The van der Waals surface area contributed by atoms with Crippen LogP contribution >= 0.6 is 0 Å². The van der Waals surface area contributed by atoms with Crippen molar-refractivity contribution >= 4 is 16.7 Å². The zero-order valence-electron chi connectivity index (χ0n) is 8.48. The minimum Gasteiger partial charge on any atom is -0.496 e. The molecule has 2 aromatic rings. The van der Waals surface area contributed by atoms with Gasteiger partial charge in [-0.1, -0.05) is 6.07 Å². The molecule has 0 aliphatic rings. The minimum atomic E-state index is -1.18. The summed E-state index contributed by atoms with van der Waals surface area (Å²) >= 11 is 0. The van der Waals surface area contributed by atoms with Crippen molar-refractivity contribution in [2.45, 2.75) is 0 Å². The van der Waals surface area contributed by atoms with Crippen LogP contribution in [-0.4, -0.2) is 23.2 Å². The highest BCUT2D eigenvalue weighted by atomic mass is 16.5. The Labute approximate surface area is 90.3 Å². The van der Waals surface area contributed by atoms with Crippen LogP contribution in [0.15, 0.2) is 29.1 Å². The number of aromatic nitrogens is 1. The number of methoxy groups -OCH3 is 1. The zero-order chi connectivity index (χ0) is 11.7. The fourth-order valence-corrected chi connectivity index (χ4v) is 1.55. The van der Waals surface area contributed by atoms with Crippen LogP contribution in [0.25, 0.3) is 10.8 Å². The van der Waals surface area contributed by atoms with Crippen molar-refractivity contribution < 1.29 is 14.6 Å². The molecule has 5 heteroatoms. The number of hydrogen-bond acceptors (Lipinski definition) is 3. The summed E-state index contributed by atoms with van der Waals surface area (Å²) in [6.07, 6.45) is 0. The lowest BCUT2D eigenvalue weighted by Crippen LogP contribution is -2.13. The molecule has 0 radical (unpaired) electrons. The monoisotopic (exact) mass is 219 g/mol. The van der Waals surface area contributed by atoms with E-state index in [1.165, 1.54) is 13.2 Å². The van der Waals surface area contributed by atoms with E-state index in [4.69, 9.17) is 9.84 Å². The molecule has 0 unspecified atom stereocenters. The van der Waals surface area contributed by atoms with Crippen molar-refractivity contribution in [1.82, 2.24) is 4.98 Å². The maximum Gasteiger partial charge on any atom is 0.352 e. The van der Waals surface area contributed by atoms with E-state index in [9.17, 15) is 9.59 Å². The first-order valence-electron chi connectivity index (χ1n) is 4.57. The van der Waals surface area contributed by atoms with Crippen LogP contribution in [0.4, 0.5) is 0 Å². The largest absolute Gasteiger partial charge is 0.496 e. The first kappa shape index (κ1) is 10.2. The highest BCUT2D eigenvalue weighted by Crippen LogP contribution is 2.23. The molecule has 0 aliphatic heterocycles. The van der Waals surface area contributed by atoms with E-state index in [1.807, 2.05) is 0 Å². The first-order chi connectivity index (χ1) is 7.63. The summed E-state index contributed by atoms with van der Waals surface area (Å²) in [5.41, 5.74) is -0.587. The average molecular weight is 219 g/mol. The highest BCUT2D eigenvalue weighted by molar-refractivity contribution is 5.94. The van der Waals surface area contributed by atoms with Crippen molar-refractivity contribution in [2.24, 2.45) is 0 Å². The molecule has 0 saturated heterocycles. The van der Waals surface area contributed by atoms with Gasteiger partial charge in [-0.15, -0.1) is 0 Å². The second kappa shape index (κ2) is 3.69. The van der Waals surface area contributed by atoms with Crippen molar-refractivity contribution in [3.05, 3.63) is 40.3 Å². The van der Waals surface area contributed by atoms with Gasteiger partial charge in [0.1, 0.15) is 11.4 Å². The minimum absolute atomic E-state index is 0.151. The number of ether oxygens (including phenoxy) is 1. The summed E-state index contributed by atoms with van der Waals surface area (Å²) in [6.45, 7) is 0. The van der Waals surface area contributed by atoms with Gasteiger partial charge in [0.25, 0.3) is 5.56 Å². The molecule has 1 heterocycles. The number of fused-ring (bicyclic) bond motifs is 1. The summed E-state index contributed by atoms with van der Waals surface area (Å²) in [5.74, 6) is -0.698. The molecule has 0 bridgehead atoms. The molecule has 82 valence electrons. The Morgan fingerprint density at radius 1 is 1.38 bits per heavy atom. The molecule has 2 rings (SSSR count). The smallest absolute Gasteiger partial charge is 0.352 e. The molecule has 1 aromatic heterocycles. The second-order valence-electron chi connectivity index (χ2n) is 3.24. The van der Waals surface area contributed by atoms with Crippen LogP contribution in [0.5, 0.6) is 5.75 Å². The molecular weight excluding hydrogens is 210 g/mol. The van der Waals surface area contributed by atoms with Gasteiger partial charge < -0.3 is 14.8 Å². The lowest BCUT2D eigenvalue weighted by Gasteiger charge is -2.05. The molecule has 0 amide bonds. The molecule has 2 N–H and O–H groups in total. The van der Waals surface area contributed by atoms with E-state index in [0.29, 0.717) is 16.5 Å². The number of hydrogen-bond donors (Lipinski definition) is 2. The number of carbonyl (C=O) groups is 1. The fraction of sp³-hybridized carbons (Fsp3) is 0.0909. The van der Waals surface area contributed by atoms with E-state index in [0.717, 1.165) is 0 Å². The van der Waals surface area contributed by atoms with E-state index in [-0.39, 0.29) is 5.69 Å². The van der Waals surface area contributed by atoms with Gasteiger partial charge in [-0.05, 0) is 18.2 Å². The number of benzene rings is 1. The van der Waals surface area contributed by atoms with Crippen LogP contribution in [0.2, 0.25) is 0 Å².